The first-order valence-corrected chi connectivity index (χ1v) is 7.86. The van der Waals surface area contributed by atoms with Crippen LogP contribution in [-0.2, 0) is 4.79 Å². The maximum atomic E-state index is 12.4. The Kier molecular flexibility index (Phi) is 5.37. The molecule has 1 N–H and O–H groups in total. The van der Waals surface area contributed by atoms with Crippen LogP contribution in [0.25, 0.3) is 0 Å². The lowest BCUT2D eigenvalue weighted by molar-refractivity contribution is -0.130. The van der Waals surface area contributed by atoms with Crippen molar-refractivity contribution in [2.45, 2.75) is 45.4 Å². The van der Waals surface area contributed by atoms with E-state index in [1.165, 1.54) is 0 Å². The molecule has 3 unspecified atom stereocenters. The van der Waals surface area contributed by atoms with Crippen LogP contribution in [0.4, 0.5) is 0 Å². The predicted molar refractivity (Wildman–Crippen MR) is 85.9 cm³/mol. The molecule has 1 aromatic carbocycles. The van der Waals surface area contributed by atoms with E-state index in [0.717, 1.165) is 25.1 Å². The number of likely N-dealkylation sites (N-methyl/N-ethyl adjacent to an activating group) is 1. The summed E-state index contributed by atoms with van der Waals surface area (Å²) >= 11 is 0. The molecule has 4 nitrogen and oxygen atoms in total. The molecule has 0 aliphatic carbocycles. The lowest BCUT2D eigenvalue weighted by Gasteiger charge is -2.29. The average molecular weight is 289 g/mol. The van der Waals surface area contributed by atoms with E-state index in [1.54, 1.807) is 0 Å². The van der Waals surface area contributed by atoms with Gasteiger partial charge in [0, 0.05) is 19.1 Å². The topological polar surface area (TPSA) is 35.6 Å². The zero-order valence-electron chi connectivity index (χ0n) is 13.5. The number of rotatable bonds is 6. The monoisotopic (exact) mass is 289 g/mol. The van der Waals surface area contributed by atoms with Gasteiger partial charge in [-0.1, -0.05) is 37.3 Å². The fourth-order valence-electron chi connectivity index (χ4n) is 2.72. The van der Waals surface area contributed by atoms with Crippen molar-refractivity contribution in [2.75, 3.05) is 20.1 Å². The molecule has 0 bridgehead atoms. The minimum atomic E-state index is -0.107. The van der Waals surface area contributed by atoms with Crippen LogP contribution in [0.2, 0.25) is 0 Å². The van der Waals surface area contributed by atoms with Crippen molar-refractivity contribution in [3.8, 4) is 0 Å². The van der Waals surface area contributed by atoms with Crippen LogP contribution < -0.4 is 5.32 Å². The largest absolute Gasteiger partial charge is 0.320 e. The highest BCUT2D eigenvalue weighted by atomic mass is 16.2. The Morgan fingerprint density at radius 3 is 2.62 bits per heavy atom. The first-order valence-electron chi connectivity index (χ1n) is 7.86. The summed E-state index contributed by atoms with van der Waals surface area (Å²) < 4.78 is 0. The molecular weight excluding hydrogens is 262 g/mol. The van der Waals surface area contributed by atoms with E-state index < -0.39 is 0 Å². The Morgan fingerprint density at radius 2 is 2.00 bits per heavy atom. The second-order valence-electron chi connectivity index (χ2n) is 5.97. The molecule has 2 rings (SSSR count). The third-order valence-electron chi connectivity index (χ3n) is 4.53. The molecular formula is C17H27N3O. The lowest BCUT2D eigenvalue weighted by Crippen LogP contribution is -2.39. The Hall–Kier alpha value is -1.39. The summed E-state index contributed by atoms with van der Waals surface area (Å²) in [4.78, 5) is 16.7. The number of hydrogen-bond acceptors (Lipinski definition) is 3. The number of amides is 1. The van der Waals surface area contributed by atoms with Crippen molar-refractivity contribution in [3.63, 3.8) is 0 Å². The number of carbonyl (C=O) groups excluding carboxylic acids is 1. The predicted octanol–water partition coefficient (Wildman–Crippen LogP) is 2.24. The molecule has 3 atom stereocenters. The number of hydrogen-bond donors (Lipinski definition) is 1. The van der Waals surface area contributed by atoms with Crippen molar-refractivity contribution >= 4 is 5.91 Å². The maximum absolute atomic E-state index is 12.4. The molecule has 1 amide bonds. The van der Waals surface area contributed by atoms with Crippen LogP contribution >= 0.6 is 0 Å². The van der Waals surface area contributed by atoms with E-state index in [1.807, 2.05) is 30.0 Å². The van der Waals surface area contributed by atoms with Gasteiger partial charge in [0.05, 0.1) is 6.04 Å². The van der Waals surface area contributed by atoms with E-state index in [2.05, 4.69) is 43.2 Å². The van der Waals surface area contributed by atoms with Crippen molar-refractivity contribution in [1.29, 1.82) is 0 Å². The van der Waals surface area contributed by atoms with Gasteiger partial charge < -0.3 is 9.80 Å². The first-order chi connectivity index (χ1) is 10.0. The van der Waals surface area contributed by atoms with Crippen LogP contribution in [0.1, 0.15) is 38.9 Å². The second-order valence-corrected chi connectivity index (χ2v) is 5.97. The molecule has 1 aliphatic rings. The first kappa shape index (κ1) is 16.0. The number of benzene rings is 1. The smallest absolute Gasteiger partial charge is 0.241 e. The maximum Gasteiger partial charge on any atom is 0.241 e. The Balaban J connectivity index is 2.06. The fraction of sp³-hybridized carbons (Fsp3) is 0.588. The molecule has 1 aromatic rings. The van der Waals surface area contributed by atoms with Gasteiger partial charge in [-0.15, -0.1) is 0 Å². The Labute approximate surface area is 128 Å². The van der Waals surface area contributed by atoms with Crippen LogP contribution in [0, 0.1) is 0 Å². The summed E-state index contributed by atoms with van der Waals surface area (Å²) in [7, 11) is 2.13. The standard InChI is InChI=1S/C17H27N3O/c1-5-13(2)19(4)11-12-20-16(18-14(3)17(20)21)15-9-7-6-8-10-15/h6-10,13-14,16,18H,5,11-12H2,1-4H3. The Morgan fingerprint density at radius 1 is 1.33 bits per heavy atom. The third-order valence-corrected chi connectivity index (χ3v) is 4.53. The second kappa shape index (κ2) is 7.05. The molecule has 0 aromatic heterocycles. The van der Waals surface area contributed by atoms with Gasteiger partial charge in [-0.25, -0.2) is 0 Å². The summed E-state index contributed by atoms with van der Waals surface area (Å²) in [6.07, 6.45) is 1.13. The molecule has 4 heteroatoms. The minimum absolute atomic E-state index is 0.000896. The minimum Gasteiger partial charge on any atom is -0.320 e. The van der Waals surface area contributed by atoms with E-state index in [4.69, 9.17) is 0 Å². The van der Waals surface area contributed by atoms with E-state index in [9.17, 15) is 4.79 Å². The molecule has 1 aliphatic heterocycles. The highest BCUT2D eigenvalue weighted by Gasteiger charge is 2.36. The summed E-state index contributed by atoms with van der Waals surface area (Å²) in [5, 5.41) is 3.39. The molecule has 0 saturated carbocycles. The van der Waals surface area contributed by atoms with Gasteiger partial charge in [-0.05, 0) is 32.9 Å². The van der Waals surface area contributed by atoms with Gasteiger partial charge in [0.15, 0.2) is 0 Å². The number of nitrogens with one attached hydrogen (secondary N) is 1. The van der Waals surface area contributed by atoms with Crippen LogP contribution in [0.15, 0.2) is 30.3 Å². The highest BCUT2D eigenvalue weighted by molar-refractivity contribution is 5.84. The molecule has 0 radical (unpaired) electrons. The fourth-order valence-corrected chi connectivity index (χ4v) is 2.72. The summed E-state index contributed by atoms with van der Waals surface area (Å²) in [6.45, 7) is 8.02. The van der Waals surface area contributed by atoms with Crippen LogP contribution in [0.3, 0.4) is 0 Å². The van der Waals surface area contributed by atoms with Gasteiger partial charge in [0.25, 0.3) is 0 Å². The average Bonchev–Trinajstić information content (AvgIpc) is 2.80. The number of nitrogens with zero attached hydrogens (tertiary/aromatic N) is 2. The zero-order chi connectivity index (χ0) is 15.4. The molecule has 1 saturated heterocycles. The quantitative estimate of drug-likeness (QED) is 0.872. The zero-order valence-corrected chi connectivity index (χ0v) is 13.5. The van der Waals surface area contributed by atoms with Crippen molar-refractivity contribution in [1.82, 2.24) is 15.1 Å². The van der Waals surface area contributed by atoms with Gasteiger partial charge in [0.1, 0.15) is 6.17 Å². The van der Waals surface area contributed by atoms with Gasteiger partial charge in [-0.3, -0.25) is 10.1 Å². The summed E-state index contributed by atoms with van der Waals surface area (Å²) in [6, 6.07) is 10.6. The lowest BCUT2D eigenvalue weighted by atomic mass is 10.1. The van der Waals surface area contributed by atoms with Crippen molar-refractivity contribution in [2.24, 2.45) is 0 Å². The van der Waals surface area contributed by atoms with Crippen LogP contribution in [0.5, 0.6) is 0 Å². The SMILES string of the molecule is CCC(C)N(C)CCN1C(=O)C(C)NC1c1ccccc1. The van der Waals surface area contributed by atoms with Gasteiger partial charge in [-0.2, -0.15) is 0 Å². The molecule has 116 valence electrons. The van der Waals surface area contributed by atoms with Crippen molar-refractivity contribution in [3.05, 3.63) is 35.9 Å². The van der Waals surface area contributed by atoms with Gasteiger partial charge >= 0.3 is 0 Å². The molecule has 0 spiro atoms. The Bertz CT molecular complexity index is 462. The molecule has 1 heterocycles. The molecule has 21 heavy (non-hydrogen) atoms. The van der Waals surface area contributed by atoms with E-state index in [-0.39, 0.29) is 18.1 Å². The normalized spacial score (nSPS) is 23.9. The van der Waals surface area contributed by atoms with Gasteiger partial charge in [0.2, 0.25) is 5.91 Å². The molecule has 1 fully saturated rings. The summed E-state index contributed by atoms with van der Waals surface area (Å²) in [5.74, 6) is 0.196. The van der Waals surface area contributed by atoms with Crippen molar-refractivity contribution < 1.29 is 4.79 Å². The number of carbonyl (C=O) groups is 1. The third kappa shape index (κ3) is 3.63. The van der Waals surface area contributed by atoms with E-state index >= 15 is 0 Å². The van der Waals surface area contributed by atoms with Crippen LogP contribution in [-0.4, -0.2) is 47.9 Å². The summed E-state index contributed by atoms with van der Waals surface area (Å²) in [5.41, 5.74) is 1.15. The highest BCUT2D eigenvalue weighted by Crippen LogP contribution is 2.24. The van der Waals surface area contributed by atoms with E-state index in [0.29, 0.717) is 6.04 Å².